The maximum Gasteiger partial charge on any atom is 0.336 e. The average Bonchev–Trinajstić information content (AvgIpc) is 3.24. The molecule has 0 aliphatic heterocycles. The number of alkyl halides is 1. The van der Waals surface area contributed by atoms with Gasteiger partial charge in [0.1, 0.15) is 5.38 Å². The molecule has 4 rings (SSSR count). The van der Waals surface area contributed by atoms with Crippen molar-refractivity contribution in [1.82, 2.24) is 14.8 Å². The van der Waals surface area contributed by atoms with E-state index in [0.29, 0.717) is 11.5 Å². The quantitative estimate of drug-likeness (QED) is 0.427. The number of nitrogens with zero attached hydrogens (tertiary/aromatic N) is 3. The Morgan fingerprint density at radius 1 is 1.00 bits per heavy atom. The molecule has 1 amide bonds. The van der Waals surface area contributed by atoms with Crippen LogP contribution in [0.15, 0.2) is 78.9 Å². The molecule has 1 atom stereocenters. The van der Waals surface area contributed by atoms with E-state index in [9.17, 15) is 4.79 Å². The molecular weight excluding hydrogens is 412 g/mol. The highest BCUT2D eigenvalue weighted by molar-refractivity contribution is 6.32. The van der Waals surface area contributed by atoms with Gasteiger partial charge < -0.3 is 10.1 Å². The summed E-state index contributed by atoms with van der Waals surface area (Å²) in [6.07, 6.45) is 0. The number of amides is 1. The molecule has 1 aromatic heterocycles. The lowest BCUT2D eigenvalue weighted by atomic mass is 10.1. The van der Waals surface area contributed by atoms with Crippen molar-refractivity contribution in [2.24, 2.45) is 0 Å². The van der Waals surface area contributed by atoms with Crippen LogP contribution >= 0.6 is 11.6 Å². The van der Waals surface area contributed by atoms with Crippen LogP contribution in [0.25, 0.3) is 17.1 Å². The van der Waals surface area contributed by atoms with Gasteiger partial charge in [-0.25, -0.2) is 4.68 Å². The first-order valence-corrected chi connectivity index (χ1v) is 10.2. The SMILES string of the molecule is COc1nc(-c2ccc(C)cc2)n(-c2ccc(NC(=O)C(Cl)c3ccccc3)cc2)n1. The van der Waals surface area contributed by atoms with Gasteiger partial charge in [0.25, 0.3) is 0 Å². The third-order valence-electron chi connectivity index (χ3n) is 4.78. The molecule has 0 aliphatic rings. The Morgan fingerprint density at radius 2 is 1.68 bits per heavy atom. The van der Waals surface area contributed by atoms with Crippen molar-refractivity contribution in [3.8, 4) is 23.1 Å². The van der Waals surface area contributed by atoms with Gasteiger partial charge in [-0.2, -0.15) is 4.98 Å². The predicted octanol–water partition coefficient (Wildman–Crippen LogP) is 5.17. The first kappa shape index (κ1) is 20.6. The number of anilines is 1. The predicted molar refractivity (Wildman–Crippen MR) is 122 cm³/mol. The molecule has 0 fully saturated rings. The molecular formula is C24H21ClN4O2. The van der Waals surface area contributed by atoms with Crippen LogP contribution in [0.5, 0.6) is 6.01 Å². The van der Waals surface area contributed by atoms with Gasteiger partial charge in [-0.05, 0) is 36.8 Å². The van der Waals surface area contributed by atoms with E-state index in [4.69, 9.17) is 16.3 Å². The van der Waals surface area contributed by atoms with E-state index in [1.165, 1.54) is 7.11 Å². The van der Waals surface area contributed by atoms with Crippen molar-refractivity contribution in [3.63, 3.8) is 0 Å². The third-order valence-corrected chi connectivity index (χ3v) is 5.23. The number of methoxy groups -OCH3 is 1. The highest BCUT2D eigenvalue weighted by atomic mass is 35.5. The van der Waals surface area contributed by atoms with Gasteiger partial charge in [0.15, 0.2) is 5.82 Å². The van der Waals surface area contributed by atoms with Crippen LogP contribution in [0.4, 0.5) is 5.69 Å². The fraction of sp³-hybridized carbons (Fsp3) is 0.125. The summed E-state index contributed by atoms with van der Waals surface area (Å²) in [4.78, 5) is 17.0. The van der Waals surface area contributed by atoms with Crippen LogP contribution in [0.2, 0.25) is 0 Å². The Morgan fingerprint density at radius 3 is 2.32 bits per heavy atom. The van der Waals surface area contributed by atoms with Gasteiger partial charge in [-0.3, -0.25) is 4.79 Å². The lowest BCUT2D eigenvalue weighted by Gasteiger charge is -2.12. The number of nitrogens with one attached hydrogen (secondary N) is 1. The van der Waals surface area contributed by atoms with Gasteiger partial charge in [0.05, 0.1) is 12.8 Å². The molecule has 0 saturated heterocycles. The summed E-state index contributed by atoms with van der Waals surface area (Å²) >= 11 is 6.30. The molecule has 1 heterocycles. The van der Waals surface area contributed by atoms with E-state index >= 15 is 0 Å². The van der Waals surface area contributed by atoms with Gasteiger partial charge in [0.2, 0.25) is 5.91 Å². The second kappa shape index (κ2) is 9.02. The Balaban J connectivity index is 1.56. The van der Waals surface area contributed by atoms with E-state index in [1.807, 2.05) is 73.7 Å². The smallest absolute Gasteiger partial charge is 0.336 e. The highest BCUT2D eigenvalue weighted by Gasteiger charge is 2.18. The third kappa shape index (κ3) is 4.59. The summed E-state index contributed by atoms with van der Waals surface area (Å²) in [6, 6.07) is 24.9. The van der Waals surface area contributed by atoms with Gasteiger partial charge in [-0.1, -0.05) is 60.2 Å². The molecule has 7 heteroatoms. The van der Waals surface area contributed by atoms with Crippen LogP contribution in [0, 0.1) is 6.92 Å². The van der Waals surface area contributed by atoms with Crippen molar-refractivity contribution in [2.45, 2.75) is 12.3 Å². The molecule has 0 saturated carbocycles. The van der Waals surface area contributed by atoms with Gasteiger partial charge in [-0.15, -0.1) is 16.7 Å². The fourth-order valence-electron chi connectivity index (χ4n) is 3.11. The normalized spacial score (nSPS) is 11.7. The standard InChI is InChI=1S/C24H21ClN4O2/c1-16-8-10-18(11-9-16)22-27-24(31-2)28-29(22)20-14-12-19(13-15-20)26-23(30)21(25)17-6-4-3-5-7-17/h3-15,21H,1-2H3,(H,26,30). The van der Waals surface area contributed by atoms with E-state index in [-0.39, 0.29) is 11.9 Å². The lowest BCUT2D eigenvalue weighted by molar-refractivity contribution is -0.116. The van der Waals surface area contributed by atoms with Crippen LogP contribution in [-0.4, -0.2) is 27.8 Å². The monoisotopic (exact) mass is 432 g/mol. The van der Waals surface area contributed by atoms with E-state index in [0.717, 1.165) is 22.4 Å². The summed E-state index contributed by atoms with van der Waals surface area (Å²) in [5, 5.41) is 6.51. The molecule has 0 radical (unpaired) electrons. The number of hydrogen-bond acceptors (Lipinski definition) is 4. The molecule has 31 heavy (non-hydrogen) atoms. The maximum absolute atomic E-state index is 12.5. The molecule has 1 unspecified atom stereocenters. The number of carbonyl (C=O) groups excluding carboxylic acids is 1. The van der Waals surface area contributed by atoms with Crippen molar-refractivity contribution < 1.29 is 9.53 Å². The molecule has 4 aromatic rings. The van der Waals surface area contributed by atoms with Crippen LogP contribution in [-0.2, 0) is 4.79 Å². The Bertz CT molecular complexity index is 1170. The van der Waals surface area contributed by atoms with Crippen molar-refractivity contribution in [3.05, 3.63) is 90.0 Å². The molecule has 3 aromatic carbocycles. The summed E-state index contributed by atoms with van der Waals surface area (Å²) < 4.78 is 6.94. The average molecular weight is 433 g/mol. The van der Waals surface area contributed by atoms with E-state index in [2.05, 4.69) is 15.4 Å². The first-order chi connectivity index (χ1) is 15.0. The molecule has 1 N–H and O–H groups in total. The molecule has 156 valence electrons. The minimum atomic E-state index is -0.770. The zero-order valence-corrected chi connectivity index (χ0v) is 17.9. The summed E-state index contributed by atoms with van der Waals surface area (Å²) in [6.45, 7) is 2.03. The highest BCUT2D eigenvalue weighted by Crippen LogP contribution is 2.26. The van der Waals surface area contributed by atoms with Crippen molar-refractivity contribution in [1.29, 1.82) is 0 Å². The number of hydrogen-bond donors (Lipinski definition) is 1. The molecule has 0 bridgehead atoms. The number of aryl methyl sites for hydroxylation is 1. The largest absolute Gasteiger partial charge is 0.466 e. The number of aromatic nitrogens is 3. The second-order valence-corrected chi connectivity index (χ2v) is 7.45. The minimum Gasteiger partial charge on any atom is -0.466 e. The fourth-order valence-corrected chi connectivity index (χ4v) is 3.31. The number of carbonyl (C=O) groups is 1. The van der Waals surface area contributed by atoms with Crippen LogP contribution in [0.1, 0.15) is 16.5 Å². The van der Waals surface area contributed by atoms with Gasteiger partial charge >= 0.3 is 6.01 Å². The zero-order chi connectivity index (χ0) is 21.8. The minimum absolute atomic E-state index is 0.279. The molecule has 0 aliphatic carbocycles. The molecule has 0 spiro atoms. The van der Waals surface area contributed by atoms with Gasteiger partial charge in [0, 0.05) is 11.3 Å². The first-order valence-electron chi connectivity index (χ1n) is 9.73. The second-order valence-electron chi connectivity index (χ2n) is 7.01. The summed E-state index contributed by atoms with van der Waals surface area (Å²) in [5.74, 6) is 0.377. The van der Waals surface area contributed by atoms with Crippen LogP contribution < -0.4 is 10.1 Å². The molecule has 6 nitrogen and oxygen atoms in total. The maximum atomic E-state index is 12.5. The lowest BCUT2D eigenvalue weighted by Crippen LogP contribution is -2.17. The Kier molecular flexibility index (Phi) is 6.00. The van der Waals surface area contributed by atoms with Crippen molar-refractivity contribution >= 4 is 23.2 Å². The number of benzene rings is 3. The zero-order valence-electron chi connectivity index (χ0n) is 17.1. The topological polar surface area (TPSA) is 69.0 Å². The summed E-state index contributed by atoms with van der Waals surface area (Å²) in [5.41, 5.74) is 4.26. The number of halogens is 1. The van der Waals surface area contributed by atoms with Crippen molar-refractivity contribution in [2.75, 3.05) is 12.4 Å². The van der Waals surface area contributed by atoms with E-state index < -0.39 is 5.38 Å². The Labute approximate surface area is 185 Å². The van der Waals surface area contributed by atoms with Crippen LogP contribution in [0.3, 0.4) is 0 Å². The van der Waals surface area contributed by atoms with E-state index in [1.54, 1.807) is 16.8 Å². The summed E-state index contributed by atoms with van der Waals surface area (Å²) in [7, 11) is 1.53. The number of ether oxygens (including phenoxy) is 1. The number of rotatable bonds is 6. The Hall–Kier alpha value is -3.64.